The molecule has 362 valence electrons. The number of hydrogen-bond donors (Lipinski definition) is 0. The third-order valence-electron chi connectivity index (χ3n) is 12.1. The molecule has 8 nitrogen and oxygen atoms in total. The molecule has 71 heavy (non-hydrogen) atoms. The first-order valence-electron chi connectivity index (χ1n) is 24.8. The summed E-state index contributed by atoms with van der Waals surface area (Å²) in [6.45, 7) is 2.50. The van der Waals surface area contributed by atoms with E-state index in [0.29, 0.717) is 54.6 Å². The maximum atomic E-state index is 15.1. The number of fused-ring (bicyclic) bond motifs is 1. The van der Waals surface area contributed by atoms with Gasteiger partial charge in [-0.3, -0.25) is 4.79 Å². The highest BCUT2D eigenvalue weighted by molar-refractivity contribution is 5.92. The predicted octanol–water partition coefficient (Wildman–Crippen LogP) is 14.9. The van der Waals surface area contributed by atoms with E-state index in [1.165, 1.54) is 31.2 Å². The van der Waals surface area contributed by atoms with Crippen molar-refractivity contribution in [1.29, 1.82) is 0 Å². The molecule has 0 saturated carbocycles. The summed E-state index contributed by atoms with van der Waals surface area (Å²) < 4.78 is 44.6. The molecule has 8 rings (SSSR count). The molecule has 0 bridgehead atoms. The van der Waals surface area contributed by atoms with Gasteiger partial charge in [0.15, 0.2) is 23.0 Å². The zero-order valence-corrected chi connectivity index (χ0v) is 40.6. The Labute approximate surface area is 418 Å². The van der Waals surface area contributed by atoms with Crippen LogP contribution in [0.1, 0.15) is 91.2 Å². The minimum atomic E-state index is -0.400. The molecular weight excluding hydrogens is 885 g/mol. The van der Waals surface area contributed by atoms with E-state index >= 15 is 4.79 Å². The first kappa shape index (κ1) is 49.7. The molecule has 0 aliphatic heterocycles. The summed E-state index contributed by atoms with van der Waals surface area (Å²) >= 11 is 0. The van der Waals surface area contributed by atoms with Crippen molar-refractivity contribution in [2.75, 3.05) is 13.7 Å². The summed E-state index contributed by atoms with van der Waals surface area (Å²) in [5.41, 5.74) is 5.99. The van der Waals surface area contributed by atoms with E-state index in [4.69, 9.17) is 32.8 Å². The van der Waals surface area contributed by atoms with Gasteiger partial charge < -0.3 is 32.8 Å². The molecule has 8 heteroatoms. The van der Waals surface area contributed by atoms with Crippen LogP contribution in [0.4, 0.5) is 0 Å². The minimum Gasteiger partial charge on any atom is -0.494 e. The third-order valence-corrected chi connectivity index (χ3v) is 12.1. The van der Waals surface area contributed by atoms with Gasteiger partial charge in [-0.2, -0.15) is 0 Å². The van der Waals surface area contributed by atoms with Gasteiger partial charge in [0.25, 0.3) is 0 Å². The van der Waals surface area contributed by atoms with Gasteiger partial charge >= 0.3 is 0 Å². The SMILES string of the molecule is COc1c(C#CCCCCCCCCCCOCc2ccccc2)c(OCc2ccccc2)cc2oc(-c3ccc(OCc4ccccc4)c(OCc4ccccc4)c3)c(OCc3ccccc3)c(=O)c12. The topological polar surface area (TPSA) is 85.6 Å². The fourth-order valence-electron chi connectivity index (χ4n) is 8.25. The molecule has 0 fully saturated rings. The molecule has 1 heterocycles. The summed E-state index contributed by atoms with van der Waals surface area (Å²) in [4.78, 5) is 15.1. The standard InChI is InChI=1S/C63H62O8/c1-65-62-54(37-25-8-6-4-2-3-5-7-9-26-40-66-43-48-27-15-10-16-28-48)56(68-45-50-31-19-12-20-32-50)42-58-59(62)60(64)63(70-47-52-35-23-14-24-36-52)61(71-58)53-38-39-55(67-44-49-29-17-11-18-30-49)57(41-53)69-46-51-33-21-13-22-34-51/h10-24,27-36,38-39,41-42H,2-9,26,40,43-47H2,1H3. The maximum Gasteiger partial charge on any atom is 0.239 e. The third kappa shape index (κ3) is 14.6. The van der Waals surface area contributed by atoms with Crippen LogP contribution >= 0.6 is 0 Å². The lowest BCUT2D eigenvalue weighted by molar-refractivity contribution is 0.116. The molecule has 0 aliphatic rings. The molecule has 0 radical (unpaired) electrons. The van der Waals surface area contributed by atoms with Gasteiger partial charge in [-0.25, -0.2) is 0 Å². The highest BCUT2D eigenvalue weighted by Crippen LogP contribution is 2.42. The first-order chi connectivity index (χ1) is 35.1. The normalized spacial score (nSPS) is 10.9. The highest BCUT2D eigenvalue weighted by atomic mass is 16.5. The second-order valence-corrected chi connectivity index (χ2v) is 17.4. The van der Waals surface area contributed by atoms with Gasteiger partial charge in [0.2, 0.25) is 11.2 Å². The zero-order chi connectivity index (χ0) is 48.7. The maximum absolute atomic E-state index is 15.1. The van der Waals surface area contributed by atoms with Gasteiger partial charge in [0.05, 0.1) is 13.7 Å². The number of hydrogen-bond acceptors (Lipinski definition) is 8. The van der Waals surface area contributed by atoms with Crippen LogP contribution in [0.2, 0.25) is 0 Å². The van der Waals surface area contributed by atoms with Crippen molar-refractivity contribution < 1.29 is 32.8 Å². The molecule has 8 aromatic rings. The lowest BCUT2D eigenvalue weighted by Gasteiger charge is -2.18. The Bertz CT molecular complexity index is 2980. The van der Waals surface area contributed by atoms with Crippen LogP contribution in [-0.2, 0) is 37.8 Å². The van der Waals surface area contributed by atoms with E-state index in [9.17, 15) is 0 Å². The first-order valence-corrected chi connectivity index (χ1v) is 24.8. The molecule has 7 aromatic carbocycles. The molecule has 0 N–H and O–H groups in total. The van der Waals surface area contributed by atoms with E-state index in [1.54, 1.807) is 13.2 Å². The van der Waals surface area contributed by atoms with Crippen LogP contribution in [0, 0.1) is 11.8 Å². The molecule has 0 saturated heterocycles. The number of unbranched alkanes of at least 4 members (excludes halogenated alkanes) is 8. The smallest absolute Gasteiger partial charge is 0.239 e. The summed E-state index contributed by atoms with van der Waals surface area (Å²) in [6.07, 6.45) is 9.83. The van der Waals surface area contributed by atoms with Crippen LogP contribution in [0.3, 0.4) is 0 Å². The predicted molar refractivity (Wildman–Crippen MR) is 282 cm³/mol. The van der Waals surface area contributed by atoms with Gasteiger partial charge in [-0.1, -0.05) is 202 Å². The van der Waals surface area contributed by atoms with Crippen molar-refractivity contribution in [3.05, 3.63) is 220 Å². The Morgan fingerprint density at radius 2 is 0.915 bits per heavy atom. The number of rotatable bonds is 26. The van der Waals surface area contributed by atoms with Gasteiger partial charge in [0.1, 0.15) is 48.7 Å². The van der Waals surface area contributed by atoms with E-state index in [0.717, 1.165) is 54.5 Å². The van der Waals surface area contributed by atoms with Crippen molar-refractivity contribution in [3.63, 3.8) is 0 Å². The highest BCUT2D eigenvalue weighted by Gasteiger charge is 2.26. The Kier molecular flexibility index (Phi) is 18.8. The average molecular weight is 947 g/mol. The summed E-state index contributed by atoms with van der Waals surface area (Å²) in [7, 11) is 1.54. The van der Waals surface area contributed by atoms with E-state index in [-0.39, 0.29) is 41.4 Å². The van der Waals surface area contributed by atoms with Gasteiger partial charge in [0, 0.05) is 24.7 Å². The molecule has 0 aliphatic carbocycles. The molecule has 0 amide bonds. The quantitative estimate of drug-likeness (QED) is 0.0392. The van der Waals surface area contributed by atoms with Crippen LogP contribution in [0.25, 0.3) is 22.3 Å². The Hall–Kier alpha value is -7.73. The van der Waals surface area contributed by atoms with E-state index < -0.39 is 5.43 Å². The van der Waals surface area contributed by atoms with Crippen molar-refractivity contribution in [2.24, 2.45) is 0 Å². The van der Waals surface area contributed by atoms with Gasteiger partial charge in [-0.05, 0) is 58.9 Å². The number of ether oxygens (including phenoxy) is 6. The lowest BCUT2D eigenvalue weighted by Crippen LogP contribution is -2.12. The van der Waals surface area contributed by atoms with Crippen LogP contribution < -0.4 is 29.1 Å². The van der Waals surface area contributed by atoms with Crippen molar-refractivity contribution in [3.8, 4) is 51.9 Å². The van der Waals surface area contributed by atoms with E-state index in [1.807, 2.05) is 158 Å². The Balaban J connectivity index is 1.05. The Morgan fingerprint density at radius 3 is 1.45 bits per heavy atom. The minimum absolute atomic E-state index is 0.0277. The molecule has 0 atom stereocenters. The Morgan fingerprint density at radius 1 is 0.451 bits per heavy atom. The fourth-order valence-corrected chi connectivity index (χ4v) is 8.25. The summed E-state index contributed by atoms with van der Waals surface area (Å²) in [5.74, 6) is 8.72. The summed E-state index contributed by atoms with van der Waals surface area (Å²) in [5, 5.41) is 0.210. The molecule has 0 spiro atoms. The van der Waals surface area contributed by atoms with Crippen LogP contribution in [0.5, 0.6) is 28.7 Å². The van der Waals surface area contributed by atoms with E-state index in [2.05, 4.69) is 24.0 Å². The number of benzene rings is 7. The summed E-state index contributed by atoms with van der Waals surface area (Å²) in [6, 6.07) is 57.1. The van der Waals surface area contributed by atoms with Crippen molar-refractivity contribution in [1.82, 2.24) is 0 Å². The molecule has 0 unspecified atom stereocenters. The van der Waals surface area contributed by atoms with Crippen molar-refractivity contribution in [2.45, 2.75) is 90.8 Å². The fraction of sp³-hybridized carbons (Fsp3) is 0.254. The average Bonchev–Trinajstić information content (AvgIpc) is 3.42. The second kappa shape index (κ2) is 26.9. The van der Waals surface area contributed by atoms with Crippen LogP contribution in [-0.4, -0.2) is 13.7 Å². The largest absolute Gasteiger partial charge is 0.494 e. The lowest BCUT2D eigenvalue weighted by atomic mass is 10.0. The molecule has 1 aromatic heterocycles. The second-order valence-electron chi connectivity index (χ2n) is 17.4. The van der Waals surface area contributed by atoms with Crippen molar-refractivity contribution >= 4 is 11.0 Å². The van der Waals surface area contributed by atoms with Crippen LogP contribution in [0.15, 0.2) is 185 Å². The zero-order valence-electron chi connectivity index (χ0n) is 40.6. The number of methoxy groups -OCH3 is 1. The monoisotopic (exact) mass is 946 g/mol. The molecular formula is C63H62O8. The van der Waals surface area contributed by atoms with Gasteiger partial charge in [-0.15, -0.1) is 0 Å².